The van der Waals surface area contributed by atoms with Crippen molar-refractivity contribution in [2.75, 3.05) is 6.54 Å². The SMILES string of the molecule is CC(C)(C)Oc1ccc(CNCC#N)cc1. The predicted octanol–water partition coefficient (Wildman–Crippen LogP) is 2.48. The summed E-state index contributed by atoms with van der Waals surface area (Å²) in [5.74, 6) is 0.872. The summed E-state index contributed by atoms with van der Waals surface area (Å²) < 4.78 is 5.71. The largest absolute Gasteiger partial charge is 0.488 e. The molecule has 1 aromatic carbocycles. The fraction of sp³-hybridized carbons (Fsp3) is 0.462. The number of hydrogen-bond donors (Lipinski definition) is 1. The Labute approximate surface area is 97.0 Å². The summed E-state index contributed by atoms with van der Waals surface area (Å²) in [5.41, 5.74) is 0.983. The first kappa shape index (κ1) is 12.5. The minimum absolute atomic E-state index is 0.166. The molecule has 86 valence electrons. The number of nitrogens with zero attached hydrogens (tertiary/aromatic N) is 1. The van der Waals surface area contributed by atoms with Crippen molar-refractivity contribution in [3.05, 3.63) is 29.8 Å². The molecule has 0 spiro atoms. The van der Waals surface area contributed by atoms with E-state index in [-0.39, 0.29) is 5.60 Å². The number of nitrogens with one attached hydrogen (secondary N) is 1. The molecule has 0 unspecified atom stereocenters. The van der Waals surface area contributed by atoms with Gasteiger partial charge in [0.25, 0.3) is 0 Å². The van der Waals surface area contributed by atoms with Crippen molar-refractivity contribution in [1.82, 2.24) is 5.32 Å². The van der Waals surface area contributed by atoms with Gasteiger partial charge in [-0.05, 0) is 38.5 Å². The normalized spacial score (nSPS) is 10.9. The van der Waals surface area contributed by atoms with Crippen LogP contribution in [0.5, 0.6) is 5.75 Å². The minimum atomic E-state index is -0.166. The maximum absolute atomic E-state index is 8.38. The van der Waals surface area contributed by atoms with Crippen LogP contribution >= 0.6 is 0 Å². The first-order valence-corrected chi connectivity index (χ1v) is 5.37. The highest BCUT2D eigenvalue weighted by atomic mass is 16.5. The van der Waals surface area contributed by atoms with Crippen molar-refractivity contribution in [3.63, 3.8) is 0 Å². The molecule has 0 saturated carbocycles. The van der Waals surface area contributed by atoms with E-state index in [0.29, 0.717) is 13.1 Å². The van der Waals surface area contributed by atoms with Crippen LogP contribution in [0.3, 0.4) is 0 Å². The Hall–Kier alpha value is -1.53. The number of nitriles is 1. The van der Waals surface area contributed by atoms with Crippen LogP contribution in [-0.2, 0) is 6.54 Å². The number of benzene rings is 1. The fourth-order valence-electron chi connectivity index (χ4n) is 1.29. The Bertz CT molecular complexity index is 357. The first-order chi connectivity index (χ1) is 7.51. The second-order valence-corrected chi connectivity index (χ2v) is 4.62. The van der Waals surface area contributed by atoms with Gasteiger partial charge in [0.2, 0.25) is 0 Å². The highest BCUT2D eigenvalue weighted by Gasteiger charge is 2.11. The summed E-state index contributed by atoms with van der Waals surface area (Å²) in [5, 5.41) is 11.4. The van der Waals surface area contributed by atoms with E-state index in [1.54, 1.807) is 0 Å². The van der Waals surface area contributed by atoms with Crippen molar-refractivity contribution in [2.45, 2.75) is 32.9 Å². The van der Waals surface area contributed by atoms with Crippen LogP contribution in [0.25, 0.3) is 0 Å². The number of ether oxygens (including phenoxy) is 1. The minimum Gasteiger partial charge on any atom is -0.488 e. The Morgan fingerprint density at radius 3 is 2.38 bits per heavy atom. The van der Waals surface area contributed by atoms with E-state index in [0.717, 1.165) is 11.3 Å². The molecule has 0 heterocycles. The Morgan fingerprint density at radius 2 is 1.88 bits per heavy atom. The Morgan fingerprint density at radius 1 is 1.25 bits per heavy atom. The van der Waals surface area contributed by atoms with Crippen LogP contribution < -0.4 is 10.1 Å². The third-order valence-electron chi connectivity index (χ3n) is 1.88. The highest BCUT2D eigenvalue weighted by Crippen LogP contribution is 2.18. The van der Waals surface area contributed by atoms with Crippen LogP contribution in [0, 0.1) is 11.3 Å². The van der Waals surface area contributed by atoms with Gasteiger partial charge in [0.05, 0.1) is 12.6 Å². The summed E-state index contributed by atoms with van der Waals surface area (Å²) in [6.07, 6.45) is 0. The second-order valence-electron chi connectivity index (χ2n) is 4.62. The van der Waals surface area contributed by atoms with Gasteiger partial charge in [0.15, 0.2) is 0 Å². The molecule has 0 atom stereocenters. The molecule has 16 heavy (non-hydrogen) atoms. The van der Waals surface area contributed by atoms with E-state index in [1.807, 2.05) is 51.1 Å². The lowest BCUT2D eigenvalue weighted by molar-refractivity contribution is 0.131. The van der Waals surface area contributed by atoms with Gasteiger partial charge in [0, 0.05) is 6.54 Å². The van der Waals surface area contributed by atoms with Crippen LogP contribution in [0.2, 0.25) is 0 Å². The summed E-state index contributed by atoms with van der Waals surface area (Å²) in [4.78, 5) is 0. The molecule has 0 amide bonds. The lowest BCUT2D eigenvalue weighted by atomic mass is 10.1. The number of hydrogen-bond acceptors (Lipinski definition) is 3. The van der Waals surface area contributed by atoms with Crippen molar-refractivity contribution in [1.29, 1.82) is 5.26 Å². The average molecular weight is 218 g/mol. The smallest absolute Gasteiger partial charge is 0.120 e. The third kappa shape index (κ3) is 4.81. The molecular formula is C13H18N2O. The molecule has 3 nitrogen and oxygen atoms in total. The summed E-state index contributed by atoms with van der Waals surface area (Å²) >= 11 is 0. The molecule has 0 aliphatic heterocycles. The van der Waals surface area contributed by atoms with Crippen LogP contribution in [0.4, 0.5) is 0 Å². The van der Waals surface area contributed by atoms with Crippen LogP contribution in [0.15, 0.2) is 24.3 Å². The van der Waals surface area contributed by atoms with Gasteiger partial charge >= 0.3 is 0 Å². The van der Waals surface area contributed by atoms with E-state index in [2.05, 4.69) is 5.32 Å². The molecule has 0 aromatic heterocycles. The maximum Gasteiger partial charge on any atom is 0.120 e. The summed E-state index contributed by atoms with van der Waals surface area (Å²) in [6.45, 7) is 7.16. The van der Waals surface area contributed by atoms with Crippen LogP contribution in [-0.4, -0.2) is 12.1 Å². The maximum atomic E-state index is 8.38. The quantitative estimate of drug-likeness (QED) is 0.623. The molecule has 0 saturated heterocycles. The molecule has 0 bridgehead atoms. The molecule has 1 N–H and O–H groups in total. The van der Waals surface area contributed by atoms with Crippen LogP contribution in [0.1, 0.15) is 26.3 Å². The molecule has 1 aromatic rings. The lowest BCUT2D eigenvalue weighted by Crippen LogP contribution is -2.22. The van der Waals surface area contributed by atoms with Gasteiger partial charge < -0.3 is 10.1 Å². The molecular weight excluding hydrogens is 200 g/mol. The van der Waals surface area contributed by atoms with Gasteiger partial charge in [-0.25, -0.2) is 0 Å². The zero-order valence-corrected chi connectivity index (χ0v) is 10.1. The molecule has 0 aliphatic rings. The predicted molar refractivity (Wildman–Crippen MR) is 64.1 cm³/mol. The second kappa shape index (κ2) is 5.53. The van der Waals surface area contributed by atoms with E-state index in [4.69, 9.17) is 10.00 Å². The topological polar surface area (TPSA) is 45.0 Å². The van der Waals surface area contributed by atoms with Crippen molar-refractivity contribution < 1.29 is 4.74 Å². The summed E-state index contributed by atoms with van der Waals surface area (Å²) in [7, 11) is 0. The van der Waals surface area contributed by atoms with Gasteiger partial charge in [-0.3, -0.25) is 0 Å². The average Bonchev–Trinajstić information content (AvgIpc) is 2.19. The Kier molecular flexibility index (Phi) is 4.33. The van der Waals surface area contributed by atoms with E-state index in [9.17, 15) is 0 Å². The van der Waals surface area contributed by atoms with Crippen molar-refractivity contribution in [2.24, 2.45) is 0 Å². The third-order valence-corrected chi connectivity index (χ3v) is 1.88. The standard InChI is InChI=1S/C13H18N2O/c1-13(2,3)16-12-6-4-11(5-7-12)10-15-9-8-14/h4-7,15H,9-10H2,1-3H3. The zero-order chi connectivity index (χ0) is 12.0. The Balaban J connectivity index is 2.52. The first-order valence-electron chi connectivity index (χ1n) is 5.37. The number of rotatable bonds is 4. The molecule has 1 rings (SSSR count). The molecule has 3 heteroatoms. The zero-order valence-electron chi connectivity index (χ0n) is 10.1. The molecule has 0 fully saturated rings. The highest BCUT2D eigenvalue weighted by molar-refractivity contribution is 5.27. The van der Waals surface area contributed by atoms with Crippen molar-refractivity contribution >= 4 is 0 Å². The van der Waals surface area contributed by atoms with Gasteiger partial charge in [0.1, 0.15) is 11.4 Å². The lowest BCUT2D eigenvalue weighted by Gasteiger charge is -2.21. The van der Waals surface area contributed by atoms with Gasteiger partial charge in [-0.15, -0.1) is 0 Å². The monoisotopic (exact) mass is 218 g/mol. The van der Waals surface area contributed by atoms with Crippen molar-refractivity contribution in [3.8, 4) is 11.8 Å². The molecule has 0 aliphatic carbocycles. The fourth-order valence-corrected chi connectivity index (χ4v) is 1.29. The van der Waals surface area contributed by atoms with E-state index >= 15 is 0 Å². The van der Waals surface area contributed by atoms with E-state index < -0.39 is 0 Å². The van der Waals surface area contributed by atoms with Gasteiger partial charge in [-0.2, -0.15) is 5.26 Å². The summed E-state index contributed by atoms with van der Waals surface area (Å²) in [6, 6.07) is 9.96. The van der Waals surface area contributed by atoms with E-state index in [1.165, 1.54) is 0 Å². The molecule has 0 radical (unpaired) electrons. The van der Waals surface area contributed by atoms with Gasteiger partial charge in [-0.1, -0.05) is 12.1 Å².